The molecule has 0 bridgehead atoms. The van der Waals surface area contributed by atoms with Gasteiger partial charge in [-0.25, -0.2) is 9.78 Å². The van der Waals surface area contributed by atoms with Gasteiger partial charge in [-0.3, -0.25) is 9.20 Å². The minimum atomic E-state index is -0.928. The highest BCUT2D eigenvalue weighted by Gasteiger charge is 2.24. The number of halogens is 1. The summed E-state index contributed by atoms with van der Waals surface area (Å²) < 4.78 is 6.62. The SMILES string of the molecule is C=CCNC(=O)[C@H](C)OC(=O)c1c(Cl)nc2sccn12. The van der Waals surface area contributed by atoms with E-state index in [-0.39, 0.29) is 10.8 Å². The van der Waals surface area contributed by atoms with E-state index in [0.717, 1.165) is 0 Å². The van der Waals surface area contributed by atoms with E-state index in [2.05, 4.69) is 16.9 Å². The summed E-state index contributed by atoms with van der Waals surface area (Å²) in [6.45, 7) is 5.27. The lowest BCUT2D eigenvalue weighted by Gasteiger charge is -2.12. The van der Waals surface area contributed by atoms with Crippen LogP contribution in [0, 0.1) is 0 Å². The van der Waals surface area contributed by atoms with E-state index >= 15 is 0 Å². The van der Waals surface area contributed by atoms with Gasteiger partial charge in [0.25, 0.3) is 5.91 Å². The van der Waals surface area contributed by atoms with E-state index in [1.165, 1.54) is 28.7 Å². The third kappa shape index (κ3) is 2.83. The summed E-state index contributed by atoms with van der Waals surface area (Å²) in [5, 5.41) is 4.37. The van der Waals surface area contributed by atoms with Gasteiger partial charge in [0.05, 0.1) is 0 Å². The Morgan fingerprint density at radius 2 is 2.45 bits per heavy atom. The zero-order valence-electron chi connectivity index (χ0n) is 10.6. The summed E-state index contributed by atoms with van der Waals surface area (Å²) >= 11 is 7.26. The molecule has 0 aliphatic carbocycles. The minimum absolute atomic E-state index is 0.0561. The van der Waals surface area contributed by atoms with Gasteiger partial charge in [0, 0.05) is 18.1 Å². The number of ether oxygens (including phenoxy) is 1. The molecule has 2 aromatic heterocycles. The summed E-state index contributed by atoms with van der Waals surface area (Å²) in [5.74, 6) is -1.09. The first-order chi connectivity index (χ1) is 9.54. The second-order valence-corrected chi connectivity index (χ2v) is 5.12. The van der Waals surface area contributed by atoms with E-state index in [4.69, 9.17) is 16.3 Å². The van der Waals surface area contributed by atoms with Gasteiger partial charge in [-0.1, -0.05) is 17.7 Å². The summed E-state index contributed by atoms with van der Waals surface area (Å²) in [6.07, 6.45) is 2.27. The van der Waals surface area contributed by atoms with Crippen LogP contribution < -0.4 is 5.32 Å². The van der Waals surface area contributed by atoms with Crippen LogP contribution in [0.1, 0.15) is 17.4 Å². The fraction of sp³-hybridized carbons (Fsp3) is 0.250. The van der Waals surface area contributed by atoms with Crippen LogP contribution in [0.3, 0.4) is 0 Å². The second-order valence-electron chi connectivity index (χ2n) is 3.89. The summed E-state index contributed by atoms with van der Waals surface area (Å²) in [6, 6.07) is 0. The minimum Gasteiger partial charge on any atom is -0.448 e. The van der Waals surface area contributed by atoms with Crippen molar-refractivity contribution >= 4 is 39.8 Å². The van der Waals surface area contributed by atoms with E-state index in [0.29, 0.717) is 11.5 Å². The number of nitrogens with one attached hydrogen (secondary N) is 1. The molecule has 106 valence electrons. The topological polar surface area (TPSA) is 72.7 Å². The van der Waals surface area contributed by atoms with Gasteiger partial charge in [0.2, 0.25) is 0 Å². The van der Waals surface area contributed by atoms with Crippen molar-refractivity contribution in [3.8, 4) is 0 Å². The van der Waals surface area contributed by atoms with Crippen molar-refractivity contribution < 1.29 is 14.3 Å². The maximum atomic E-state index is 12.1. The Morgan fingerprint density at radius 3 is 3.15 bits per heavy atom. The van der Waals surface area contributed by atoms with Gasteiger partial charge in [0.1, 0.15) is 0 Å². The number of esters is 1. The first kappa shape index (κ1) is 14.5. The van der Waals surface area contributed by atoms with Crippen LogP contribution in [-0.2, 0) is 9.53 Å². The number of carbonyl (C=O) groups is 2. The van der Waals surface area contributed by atoms with Crippen LogP contribution in [0.5, 0.6) is 0 Å². The largest absolute Gasteiger partial charge is 0.448 e. The normalized spacial score (nSPS) is 12.1. The molecule has 0 saturated heterocycles. The molecule has 0 unspecified atom stereocenters. The molecule has 20 heavy (non-hydrogen) atoms. The van der Waals surface area contributed by atoms with Gasteiger partial charge in [-0.05, 0) is 6.92 Å². The van der Waals surface area contributed by atoms with Crippen molar-refractivity contribution in [1.29, 1.82) is 0 Å². The Bertz CT molecular complexity index is 664. The number of nitrogens with zero attached hydrogens (tertiary/aromatic N) is 2. The molecule has 2 rings (SSSR count). The van der Waals surface area contributed by atoms with E-state index in [1.807, 2.05) is 0 Å². The third-order valence-electron chi connectivity index (χ3n) is 2.49. The predicted octanol–water partition coefficient (Wildman–Crippen LogP) is 1.90. The zero-order chi connectivity index (χ0) is 14.7. The van der Waals surface area contributed by atoms with Crippen molar-refractivity contribution in [2.24, 2.45) is 0 Å². The maximum absolute atomic E-state index is 12.1. The molecule has 0 aliphatic heterocycles. The van der Waals surface area contributed by atoms with E-state index in [1.54, 1.807) is 11.6 Å². The number of aromatic nitrogens is 2. The van der Waals surface area contributed by atoms with Gasteiger partial charge < -0.3 is 10.1 Å². The van der Waals surface area contributed by atoms with E-state index < -0.39 is 18.0 Å². The molecule has 0 saturated carbocycles. The molecule has 1 atom stereocenters. The molecule has 2 aromatic rings. The van der Waals surface area contributed by atoms with Crippen LogP contribution in [-0.4, -0.2) is 33.9 Å². The number of carbonyl (C=O) groups excluding carboxylic acids is 2. The highest BCUT2D eigenvalue weighted by molar-refractivity contribution is 7.15. The molecule has 0 fully saturated rings. The van der Waals surface area contributed by atoms with Gasteiger partial charge >= 0.3 is 5.97 Å². The lowest BCUT2D eigenvalue weighted by atomic mass is 10.3. The number of amides is 1. The highest BCUT2D eigenvalue weighted by atomic mass is 35.5. The summed E-state index contributed by atoms with van der Waals surface area (Å²) in [7, 11) is 0. The number of imidazole rings is 1. The van der Waals surface area contributed by atoms with Crippen molar-refractivity contribution in [2.45, 2.75) is 13.0 Å². The molecule has 0 radical (unpaired) electrons. The molecule has 1 N–H and O–H groups in total. The Hall–Kier alpha value is -1.86. The number of thiazole rings is 1. The number of hydrogen-bond donors (Lipinski definition) is 1. The first-order valence-corrected chi connectivity index (χ1v) is 7.01. The Labute approximate surface area is 124 Å². The van der Waals surface area contributed by atoms with Gasteiger partial charge in [-0.2, -0.15) is 0 Å². The molecule has 0 aliphatic rings. The highest BCUT2D eigenvalue weighted by Crippen LogP contribution is 2.22. The zero-order valence-corrected chi connectivity index (χ0v) is 12.2. The average molecular weight is 314 g/mol. The maximum Gasteiger partial charge on any atom is 0.359 e. The quantitative estimate of drug-likeness (QED) is 0.676. The lowest BCUT2D eigenvalue weighted by Crippen LogP contribution is -2.36. The van der Waals surface area contributed by atoms with Gasteiger partial charge in [0.15, 0.2) is 21.9 Å². The molecular formula is C12H12ClN3O3S. The van der Waals surface area contributed by atoms with Crippen molar-refractivity contribution in [3.05, 3.63) is 35.1 Å². The number of fused-ring (bicyclic) bond motifs is 1. The van der Waals surface area contributed by atoms with Crippen molar-refractivity contribution in [3.63, 3.8) is 0 Å². The van der Waals surface area contributed by atoms with Crippen molar-refractivity contribution in [1.82, 2.24) is 14.7 Å². The summed E-state index contributed by atoms with van der Waals surface area (Å²) in [5.41, 5.74) is 0.117. The Morgan fingerprint density at radius 1 is 1.70 bits per heavy atom. The molecule has 8 heteroatoms. The molecule has 2 heterocycles. The van der Waals surface area contributed by atoms with Crippen LogP contribution in [0.25, 0.3) is 4.96 Å². The van der Waals surface area contributed by atoms with Crippen LogP contribution in [0.4, 0.5) is 0 Å². The smallest absolute Gasteiger partial charge is 0.359 e. The second kappa shape index (κ2) is 6.06. The van der Waals surface area contributed by atoms with Crippen LogP contribution in [0.2, 0.25) is 5.15 Å². The van der Waals surface area contributed by atoms with Crippen LogP contribution >= 0.6 is 22.9 Å². The standard InChI is InChI=1S/C12H12ClN3O3S/c1-3-4-14-10(17)7(2)19-11(18)8-9(13)15-12-16(8)5-6-20-12/h3,5-7H,1,4H2,2H3,(H,14,17)/t7-/m0/s1. The fourth-order valence-electron chi connectivity index (χ4n) is 1.53. The molecule has 1 amide bonds. The van der Waals surface area contributed by atoms with Crippen LogP contribution in [0.15, 0.2) is 24.2 Å². The third-order valence-corrected chi connectivity index (χ3v) is 3.51. The Kier molecular flexibility index (Phi) is 4.41. The average Bonchev–Trinajstić information content (AvgIpc) is 2.94. The number of hydrogen-bond acceptors (Lipinski definition) is 5. The Balaban J connectivity index is 2.11. The predicted molar refractivity (Wildman–Crippen MR) is 76.2 cm³/mol. The molecule has 0 aromatic carbocycles. The first-order valence-electron chi connectivity index (χ1n) is 5.75. The van der Waals surface area contributed by atoms with Gasteiger partial charge in [-0.15, -0.1) is 17.9 Å². The summed E-state index contributed by atoms with van der Waals surface area (Å²) in [4.78, 5) is 28.3. The van der Waals surface area contributed by atoms with E-state index in [9.17, 15) is 9.59 Å². The molecule has 0 spiro atoms. The molecular weight excluding hydrogens is 302 g/mol. The lowest BCUT2D eigenvalue weighted by molar-refractivity contribution is -0.128. The molecule has 6 nitrogen and oxygen atoms in total. The number of rotatable bonds is 5. The fourth-order valence-corrected chi connectivity index (χ4v) is 2.54. The van der Waals surface area contributed by atoms with Crippen molar-refractivity contribution in [2.75, 3.05) is 6.54 Å². The monoisotopic (exact) mass is 313 g/mol.